The van der Waals surface area contributed by atoms with Crippen LogP contribution in [0.15, 0.2) is 36.6 Å². The van der Waals surface area contributed by atoms with Gasteiger partial charge < -0.3 is 5.21 Å². The predicted molar refractivity (Wildman–Crippen MR) is 74.1 cm³/mol. The first-order valence-electron chi connectivity index (χ1n) is 5.45. The molecule has 7 heteroatoms. The molecule has 0 spiro atoms. The summed E-state index contributed by atoms with van der Waals surface area (Å²) in [5.74, 6) is 0.179. The van der Waals surface area contributed by atoms with Crippen LogP contribution in [0.2, 0.25) is 5.02 Å². The van der Waals surface area contributed by atoms with E-state index in [1.807, 2.05) is 18.2 Å². The smallest absolute Gasteiger partial charge is 0.242 e. The van der Waals surface area contributed by atoms with Crippen molar-refractivity contribution in [2.45, 2.75) is 11.8 Å². The van der Waals surface area contributed by atoms with Crippen LogP contribution in [0.5, 0.6) is 0 Å². The SMILES string of the molecule is O=S(=O)=c1c(C2(CCl)C=CC=CC2)cc(Cl)cn1O. The zero-order valence-electron chi connectivity index (χ0n) is 9.75. The van der Waals surface area contributed by atoms with Gasteiger partial charge in [0.05, 0.1) is 11.2 Å². The molecule has 1 aromatic rings. The second-order valence-corrected chi connectivity index (χ2v) is 5.80. The van der Waals surface area contributed by atoms with Crippen molar-refractivity contribution in [2.24, 2.45) is 0 Å². The van der Waals surface area contributed by atoms with Crippen LogP contribution in [-0.4, -0.2) is 24.2 Å². The summed E-state index contributed by atoms with van der Waals surface area (Å²) < 4.78 is 23.0. The summed E-state index contributed by atoms with van der Waals surface area (Å²) >= 11 is 11.9. The molecule has 0 aromatic carbocycles. The predicted octanol–water partition coefficient (Wildman–Crippen LogP) is 2.78. The van der Waals surface area contributed by atoms with Gasteiger partial charge in [0, 0.05) is 16.9 Å². The number of hydrogen-bond donors (Lipinski definition) is 1. The molecule has 102 valence electrons. The van der Waals surface area contributed by atoms with Crippen molar-refractivity contribution in [3.05, 3.63) is 51.8 Å². The first kappa shape index (κ1) is 14.2. The number of allylic oxidation sites excluding steroid dienone is 4. The third-order valence-corrected chi connectivity index (χ3v) is 4.45. The average molecular weight is 320 g/mol. The Labute approximate surface area is 121 Å². The topological polar surface area (TPSA) is 59.3 Å². The molecule has 0 bridgehead atoms. The summed E-state index contributed by atoms with van der Waals surface area (Å²) in [6, 6.07) is 1.52. The summed E-state index contributed by atoms with van der Waals surface area (Å²) in [4.78, 5) is 0. The lowest BCUT2D eigenvalue weighted by molar-refractivity contribution is 0.178. The lowest BCUT2D eigenvalue weighted by Crippen LogP contribution is -2.28. The Morgan fingerprint density at radius 1 is 1.42 bits per heavy atom. The van der Waals surface area contributed by atoms with Gasteiger partial charge in [0.15, 0.2) is 0 Å². The number of aromatic nitrogens is 1. The second kappa shape index (κ2) is 5.45. The van der Waals surface area contributed by atoms with Crippen LogP contribution in [0.4, 0.5) is 0 Å². The number of rotatable bonds is 2. The quantitative estimate of drug-likeness (QED) is 0.518. The fourth-order valence-corrected chi connectivity index (χ4v) is 3.29. The number of halogens is 2. The number of hydrogen-bond acceptors (Lipinski definition) is 3. The fourth-order valence-electron chi connectivity index (χ4n) is 2.09. The minimum absolute atomic E-state index is 0.179. The Morgan fingerprint density at radius 3 is 2.68 bits per heavy atom. The minimum Gasteiger partial charge on any atom is -0.427 e. The van der Waals surface area contributed by atoms with E-state index in [2.05, 4.69) is 0 Å². The lowest BCUT2D eigenvalue weighted by atomic mass is 9.78. The normalized spacial score (nSPS) is 21.6. The van der Waals surface area contributed by atoms with Crippen LogP contribution in [0, 0.1) is 4.64 Å². The van der Waals surface area contributed by atoms with Crippen LogP contribution in [-0.2, 0) is 15.7 Å². The maximum Gasteiger partial charge on any atom is 0.242 e. The van der Waals surface area contributed by atoms with E-state index in [1.165, 1.54) is 6.07 Å². The summed E-state index contributed by atoms with van der Waals surface area (Å²) in [5, 5.41) is 9.97. The van der Waals surface area contributed by atoms with Gasteiger partial charge in [0.25, 0.3) is 0 Å². The van der Waals surface area contributed by atoms with Crippen LogP contribution in [0.25, 0.3) is 0 Å². The standard InChI is InChI=1S/C12H11Cl2NO3S/c13-8-12(4-2-1-3-5-12)10-6-9(14)7-15(16)11(10)19(17)18/h1-4,6-7,16H,5,8H2. The Bertz CT molecular complexity index is 726. The highest BCUT2D eigenvalue weighted by atomic mass is 35.5. The van der Waals surface area contributed by atoms with Crippen LogP contribution in [0.1, 0.15) is 12.0 Å². The molecule has 1 atom stereocenters. The third-order valence-electron chi connectivity index (χ3n) is 3.04. The maximum atomic E-state index is 11.3. The molecule has 0 fully saturated rings. The van der Waals surface area contributed by atoms with Gasteiger partial charge in [-0.2, -0.15) is 13.1 Å². The molecule has 1 aliphatic carbocycles. The summed E-state index contributed by atoms with van der Waals surface area (Å²) in [7, 11) is -2.60. The van der Waals surface area contributed by atoms with E-state index in [4.69, 9.17) is 23.2 Å². The molecule has 4 nitrogen and oxygen atoms in total. The molecule has 2 rings (SSSR count). The minimum atomic E-state index is -2.60. The molecule has 0 radical (unpaired) electrons. The van der Waals surface area contributed by atoms with E-state index < -0.39 is 15.7 Å². The number of alkyl halides is 1. The third kappa shape index (κ3) is 2.59. The van der Waals surface area contributed by atoms with Crippen molar-refractivity contribution in [2.75, 3.05) is 5.88 Å². The largest absolute Gasteiger partial charge is 0.427 e. The van der Waals surface area contributed by atoms with Gasteiger partial charge in [-0.3, -0.25) is 0 Å². The van der Waals surface area contributed by atoms with Crippen molar-refractivity contribution >= 4 is 33.5 Å². The van der Waals surface area contributed by atoms with Crippen molar-refractivity contribution in [3.8, 4) is 0 Å². The van der Waals surface area contributed by atoms with Crippen LogP contribution >= 0.6 is 23.2 Å². The molecule has 1 unspecified atom stereocenters. The molecule has 19 heavy (non-hydrogen) atoms. The molecule has 1 N–H and O–H groups in total. The van der Waals surface area contributed by atoms with E-state index in [9.17, 15) is 13.6 Å². The molecular weight excluding hydrogens is 309 g/mol. The van der Waals surface area contributed by atoms with Gasteiger partial charge in [-0.1, -0.05) is 35.9 Å². The van der Waals surface area contributed by atoms with Gasteiger partial charge in [0.1, 0.15) is 0 Å². The maximum absolute atomic E-state index is 11.3. The van der Waals surface area contributed by atoms with Gasteiger partial charge >= 0.3 is 0 Å². The molecular formula is C12H11Cl2NO3S. The van der Waals surface area contributed by atoms with Gasteiger partial charge in [0.2, 0.25) is 14.9 Å². The van der Waals surface area contributed by atoms with Crippen molar-refractivity contribution in [1.29, 1.82) is 0 Å². The lowest BCUT2D eigenvalue weighted by Gasteiger charge is -2.29. The van der Waals surface area contributed by atoms with E-state index in [0.717, 1.165) is 6.20 Å². The van der Waals surface area contributed by atoms with E-state index in [-0.39, 0.29) is 15.5 Å². The Balaban J connectivity index is 2.86. The highest BCUT2D eigenvalue weighted by Crippen LogP contribution is 2.35. The van der Waals surface area contributed by atoms with Gasteiger partial charge in [-0.15, -0.1) is 11.6 Å². The highest BCUT2D eigenvalue weighted by molar-refractivity contribution is 7.63. The average Bonchev–Trinajstić information content (AvgIpc) is 2.38. The molecule has 1 heterocycles. The van der Waals surface area contributed by atoms with E-state index >= 15 is 0 Å². The molecule has 1 aliphatic rings. The first-order chi connectivity index (χ1) is 9.00. The van der Waals surface area contributed by atoms with Crippen molar-refractivity contribution in [3.63, 3.8) is 0 Å². The monoisotopic (exact) mass is 319 g/mol. The fraction of sp³-hybridized carbons (Fsp3) is 0.250. The van der Waals surface area contributed by atoms with Gasteiger partial charge in [-0.25, -0.2) is 0 Å². The molecule has 0 saturated heterocycles. The molecule has 1 aromatic heterocycles. The number of nitrogens with zero attached hydrogens (tertiary/aromatic N) is 1. The van der Waals surface area contributed by atoms with Crippen LogP contribution in [0.3, 0.4) is 0 Å². The molecule has 0 aliphatic heterocycles. The molecule has 0 saturated carbocycles. The van der Waals surface area contributed by atoms with Crippen molar-refractivity contribution in [1.82, 2.24) is 4.73 Å². The first-order valence-corrected chi connectivity index (χ1v) is 7.43. The Hall–Kier alpha value is -1.17. The number of pyridine rings is 1. The zero-order valence-corrected chi connectivity index (χ0v) is 12.1. The van der Waals surface area contributed by atoms with Gasteiger partial charge in [-0.05, 0) is 12.5 Å². The van der Waals surface area contributed by atoms with Crippen LogP contribution < -0.4 is 0 Å². The second-order valence-electron chi connectivity index (χ2n) is 4.24. The van der Waals surface area contributed by atoms with E-state index in [1.54, 1.807) is 6.08 Å². The molecule has 0 amide bonds. The zero-order chi connectivity index (χ0) is 14.0. The van der Waals surface area contributed by atoms with E-state index in [0.29, 0.717) is 16.7 Å². The highest BCUT2D eigenvalue weighted by Gasteiger charge is 2.31. The van der Waals surface area contributed by atoms with Crippen molar-refractivity contribution < 1.29 is 13.6 Å². The summed E-state index contributed by atoms with van der Waals surface area (Å²) in [6.45, 7) is 0. The Morgan fingerprint density at radius 2 is 2.16 bits per heavy atom. The Kier molecular flexibility index (Phi) is 4.08. The summed E-state index contributed by atoms with van der Waals surface area (Å²) in [5.41, 5.74) is -0.312. The summed E-state index contributed by atoms with van der Waals surface area (Å²) in [6.07, 6.45) is 9.03.